The summed E-state index contributed by atoms with van der Waals surface area (Å²) in [6.07, 6.45) is 3.64. The van der Waals surface area contributed by atoms with Crippen molar-refractivity contribution in [3.8, 4) is 0 Å². The van der Waals surface area contributed by atoms with E-state index in [9.17, 15) is 13.2 Å². The van der Waals surface area contributed by atoms with Crippen LogP contribution in [0.1, 0.15) is 34.1 Å². The molecule has 0 radical (unpaired) electrons. The molecular weight excluding hydrogens is 396 g/mol. The Balaban J connectivity index is 1.59. The number of hydrogen-bond acceptors (Lipinski definition) is 4. The lowest BCUT2D eigenvalue weighted by atomic mass is 10.0. The molecule has 2 heterocycles. The Morgan fingerprint density at radius 3 is 2.68 bits per heavy atom. The van der Waals surface area contributed by atoms with Crippen molar-refractivity contribution in [1.82, 2.24) is 9.78 Å². The van der Waals surface area contributed by atoms with Gasteiger partial charge < -0.3 is 0 Å². The normalized spacial score (nSPS) is 18.9. The number of nitrogens with zero attached hydrogens (tertiary/aromatic N) is 2. The summed E-state index contributed by atoms with van der Waals surface area (Å²) in [6.45, 7) is 1.80. The number of sulfone groups is 1. The van der Waals surface area contributed by atoms with E-state index < -0.39 is 9.84 Å². The van der Waals surface area contributed by atoms with E-state index in [1.54, 1.807) is 23.7 Å². The molecule has 1 saturated heterocycles. The van der Waals surface area contributed by atoms with E-state index in [2.05, 4.69) is 5.10 Å². The highest BCUT2D eigenvalue weighted by Crippen LogP contribution is 2.30. The van der Waals surface area contributed by atoms with E-state index in [-0.39, 0.29) is 23.3 Å². The van der Waals surface area contributed by atoms with Gasteiger partial charge in [0.1, 0.15) is 5.15 Å². The molecule has 4 rings (SSSR count). The molecule has 3 aromatic rings. The van der Waals surface area contributed by atoms with Crippen LogP contribution in [-0.2, 0) is 9.84 Å². The van der Waals surface area contributed by atoms with Crippen molar-refractivity contribution in [3.05, 3.63) is 70.5 Å². The molecule has 2 aromatic carbocycles. The third kappa shape index (κ3) is 3.62. The zero-order valence-electron chi connectivity index (χ0n) is 15.3. The summed E-state index contributed by atoms with van der Waals surface area (Å²) in [6, 6.07) is 13.2. The van der Waals surface area contributed by atoms with Crippen LogP contribution in [0.25, 0.3) is 16.8 Å². The predicted octanol–water partition coefficient (Wildman–Crippen LogP) is 4.25. The molecule has 0 unspecified atom stereocenters. The third-order valence-electron chi connectivity index (χ3n) is 5.06. The first-order chi connectivity index (χ1) is 13.3. The van der Waals surface area contributed by atoms with Crippen molar-refractivity contribution in [2.45, 2.75) is 19.4 Å². The Morgan fingerprint density at radius 2 is 1.96 bits per heavy atom. The van der Waals surface area contributed by atoms with Crippen LogP contribution in [0.2, 0.25) is 5.15 Å². The Bertz CT molecular complexity index is 1210. The molecule has 1 aliphatic heterocycles. The molecule has 0 spiro atoms. The lowest BCUT2D eigenvalue weighted by Gasteiger charge is -2.09. The fourth-order valence-electron chi connectivity index (χ4n) is 3.53. The molecule has 0 saturated carbocycles. The van der Waals surface area contributed by atoms with Gasteiger partial charge >= 0.3 is 0 Å². The Kier molecular flexibility index (Phi) is 4.85. The number of aromatic nitrogens is 2. The number of ketones is 1. The second kappa shape index (κ2) is 7.18. The summed E-state index contributed by atoms with van der Waals surface area (Å²) in [4.78, 5) is 12.6. The van der Waals surface area contributed by atoms with Crippen LogP contribution in [0.15, 0.2) is 48.5 Å². The van der Waals surface area contributed by atoms with Crippen molar-refractivity contribution >= 4 is 44.1 Å². The molecule has 0 amide bonds. The minimum absolute atomic E-state index is 0.0486. The fraction of sp³-hybridized carbons (Fsp3) is 0.238. The van der Waals surface area contributed by atoms with Crippen LogP contribution in [0.5, 0.6) is 0 Å². The van der Waals surface area contributed by atoms with Crippen LogP contribution in [0.3, 0.4) is 0 Å². The van der Waals surface area contributed by atoms with Crippen molar-refractivity contribution in [2.75, 3.05) is 11.5 Å². The van der Waals surface area contributed by atoms with Crippen molar-refractivity contribution in [2.24, 2.45) is 0 Å². The second-order valence-corrected chi connectivity index (χ2v) is 9.64. The minimum atomic E-state index is -3.04. The van der Waals surface area contributed by atoms with Gasteiger partial charge in [0.2, 0.25) is 0 Å². The maximum absolute atomic E-state index is 12.6. The highest BCUT2D eigenvalue weighted by molar-refractivity contribution is 7.91. The van der Waals surface area contributed by atoms with Gasteiger partial charge in [0.15, 0.2) is 15.6 Å². The maximum Gasteiger partial charge on any atom is 0.185 e. The fourth-order valence-corrected chi connectivity index (χ4v) is 5.60. The third-order valence-corrected chi connectivity index (χ3v) is 7.19. The van der Waals surface area contributed by atoms with Gasteiger partial charge in [0.25, 0.3) is 0 Å². The van der Waals surface area contributed by atoms with Crippen LogP contribution in [0, 0.1) is 6.92 Å². The summed E-state index contributed by atoms with van der Waals surface area (Å²) in [5.41, 5.74) is 1.90. The number of halogens is 1. The number of aryl methyl sites for hydroxylation is 1. The molecule has 0 N–H and O–H groups in total. The lowest BCUT2D eigenvalue weighted by Crippen LogP contribution is -2.12. The molecule has 0 bridgehead atoms. The highest BCUT2D eigenvalue weighted by atomic mass is 35.5. The van der Waals surface area contributed by atoms with Crippen LogP contribution >= 0.6 is 11.6 Å². The summed E-state index contributed by atoms with van der Waals surface area (Å²) in [5, 5.41) is 6.85. The quantitative estimate of drug-likeness (QED) is 0.472. The lowest BCUT2D eigenvalue weighted by molar-refractivity contribution is 0.104. The first kappa shape index (κ1) is 18.9. The standard InChI is InChI=1S/C21H19ClN2O3S/c1-14-19(21(22)24(23-14)18-10-11-28(26,27)13-18)8-9-20(25)17-7-6-15-4-2-3-5-16(15)12-17/h2-9,12,18H,10-11,13H2,1H3/b9-8+/t18-/m0/s1. The smallest absolute Gasteiger partial charge is 0.185 e. The summed E-state index contributed by atoms with van der Waals surface area (Å²) in [7, 11) is -3.04. The van der Waals surface area contributed by atoms with Gasteiger partial charge in [-0.25, -0.2) is 13.1 Å². The van der Waals surface area contributed by atoms with Gasteiger partial charge in [-0.2, -0.15) is 5.10 Å². The molecule has 28 heavy (non-hydrogen) atoms. The van der Waals surface area contributed by atoms with E-state index in [0.29, 0.717) is 28.4 Å². The number of fused-ring (bicyclic) bond motifs is 1. The predicted molar refractivity (Wildman–Crippen MR) is 112 cm³/mol. The summed E-state index contributed by atoms with van der Waals surface area (Å²) >= 11 is 6.45. The topological polar surface area (TPSA) is 69.0 Å². The zero-order valence-corrected chi connectivity index (χ0v) is 16.9. The van der Waals surface area contributed by atoms with Gasteiger partial charge in [-0.05, 0) is 42.3 Å². The molecule has 1 atom stereocenters. The van der Waals surface area contributed by atoms with Gasteiger partial charge in [-0.1, -0.05) is 48.0 Å². The zero-order chi connectivity index (χ0) is 19.9. The molecule has 0 aliphatic carbocycles. The molecule has 144 valence electrons. The number of carbonyl (C=O) groups is 1. The van der Waals surface area contributed by atoms with Crippen molar-refractivity contribution in [1.29, 1.82) is 0 Å². The van der Waals surface area contributed by atoms with Gasteiger partial charge in [0.05, 0.1) is 23.2 Å². The van der Waals surface area contributed by atoms with Gasteiger partial charge in [-0.15, -0.1) is 0 Å². The van der Waals surface area contributed by atoms with Crippen LogP contribution in [-0.4, -0.2) is 35.5 Å². The molecule has 1 aromatic heterocycles. The molecule has 5 nitrogen and oxygen atoms in total. The van der Waals surface area contributed by atoms with E-state index in [1.807, 2.05) is 36.4 Å². The monoisotopic (exact) mass is 414 g/mol. The summed E-state index contributed by atoms with van der Waals surface area (Å²) < 4.78 is 25.1. The van der Waals surface area contributed by atoms with E-state index in [1.165, 1.54) is 6.08 Å². The minimum Gasteiger partial charge on any atom is -0.289 e. The molecule has 1 fully saturated rings. The van der Waals surface area contributed by atoms with E-state index in [4.69, 9.17) is 11.6 Å². The highest BCUT2D eigenvalue weighted by Gasteiger charge is 2.31. The Labute approximate surface area is 168 Å². The van der Waals surface area contributed by atoms with Crippen molar-refractivity contribution < 1.29 is 13.2 Å². The van der Waals surface area contributed by atoms with E-state index >= 15 is 0 Å². The number of carbonyl (C=O) groups excluding carboxylic acids is 1. The molecule has 1 aliphatic rings. The largest absolute Gasteiger partial charge is 0.289 e. The van der Waals surface area contributed by atoms with Gasteiger partial charge in [0, 0.05) is 11.1 Å². The summed E-state index contributed by atoms with van der Waals surface area (Å²) in [5.74, 6) is 0.0725. The maximum atomic E-state index is 12.6. The average Bonchev–Trinajstić information content (AvgIpc) is 3.18. The first-order valence-electron chi connectivity index (χ1n) is 9.00. The number of benzene rings is 2. The first-order valence-corrected chi connectivity index (χ1v) is 11.2. The Morgan fingerprint density at radius 1 is 1.21 bits per heavy atom. The Hall–Kier alpha value is -2.44. The van der Waals surface area contributed by atoms with Crippen molar-refractivity contribution in [3.63, 3.8) is 0 Å². The number of allylic oxidation sites excluding steroid dienone is 1. The van der Waals surface area contributed by atoms with E-state index in [0.717, 1.165) is 10.8 Å². The average molecular weight is 415 g/mol. The SMILES string of the molecule is Cc1nn([C@H]2CCS(=O)(=O)C2)c(Cl)c1/C=C/C(=O)c1ccc2ccccc2c1. The second-order valence-electron chi connectivity index (χ2n) is 7.05. The van der Waals surface area contributed by atoms with Crippen LogP contribution in [0.4, 0.5) is 0 Å². The number of rotatable bonds is 4. The van der Waals surface area contributed by atoms with Crippen LogP contribution < -0.4 is 0 Å². The number of hydrogen-bond donors (Lipinski definition) is 0. The molecule has 7 heteroatoms. The van der Waals surface area contributed by atoms with Gasteiger partial charge in [-0.3, -0.25) is 4.79 Å². The molecular formula is C21H19ClN2O3S.